The number of unbranched alkanes of at least 4 members (excludes halogenated alkanes) is 2. The molecular formula is C23H36BNO3. The summed E-state index contributed by atoms with van der Waals surface area (Å²) in [6.07, 6.45) is 5.77. The topological polar surface area (TPSA) is 30.9 Å². The van der Waals surface area contributed by atoms with Gasteiger partial charge in [-0.05, 0) is 45.2 Å². The average molecular weight is 385 g/mol. The predicted octanol–water partition coefficient (Wildman–Crippen LogP) is 4.81. The summed E-state index contributed by atoms with van der Waals surface area (Å²) in [5.74, 6) is 0. The second kappa shape index (κ2) is 9.12. The first-order chi connectivity index (χ1) is 13.4. The Morgan fingerprint density at radius 1 is 1.07 bits per heavy atom. The lowest BCUT2D eigenvalue weighted by Gasteiger charge is -2.37. The lowest BCUT2D eigenvalue weighted by molar-refractivity contribution is 0.00578. The number of benzene rings is 1. The minimum atomic E-state index is -0.340. The fourth-order valence-electron chi connectivity index (χ4n) is 3.87. The molecule has 1 aromatic rings. The van der Waals surface area contributed by atoms with Gasteiger partial charge in [-0.25, -0.2) is 0 Å². The van der Waals surface area contributed by atoms with Crippen LogP contribution in [0, 0.1) is 0 Å². The smallest absolute Gasteiger partial charge is 0.400 e. The van der Waals surface area contributed by atoms with Crippen LogP contribution in [0.1, 0.15) is 65.5 Å². The van der Waals surface area contributed by atoms with E-state index in [1.807, 2.05) is 0 Å². The van der Waals surface area contributed by atoms with Gasteiger partial charge in [0, 0.05) is 13.1 Å². The largest absolute Gasteiger partial charge is 0.492 e. The molecule has 154 valence electrons. The molecule has 28 heavy (non-hydrogen) atoms. The van der Waals surface area contributed by atoms with Crippen LogP contribution in [-0.4, -0.2) is 49.5 Å². The summed E-state index contributed by atoms with van der Waals surface area (Å²) in [6.45, 7) is 14.1. The van der Waals surface area contributed by atoms with Crippen LogP contribution in [0.15, 0.2) is 41.9 Å². The third-order valence-corrected chi connectivity index (χ3v) is 6.31. The zero-order valence-electron chi connectivity index (χ0n) is 18.2. The van der Waals surface area contributed by atoms with E-state index in [4.69, 9.17) is 14.0 Å². The Morgan fingerprint density at radius 3 is 2.25 bits per heavy atom. The lowest BCUT2D eigenvalue weighted by atomic mass is 9.70. The van der Waals surface area contributed by atoms with Crippen molar-refractivity contribution >= 4 is 7.12 Å². The lowest BCUT2D eigenvalue weighted by Crippen LogP contribution is -2.42. The normalized spacial score (nSPS) is 23.8. The van der Waals surface area contributed by atoms with Crippen molar-refractivity contribution in [3.8, 4) is 0 Å². The van der Waals surface area contributed by atoms with E-state index in [1.165, 1.54) is 23.9 Å². The van der Waals surface area contributed by atoms with E-state index in [0.29, 0.717) is 0 Å². The minimum absolute atomic E-state index is 0.150. The molecule has 0 aromatic heterocycles. The molecule has 0 amide bonds. The van der Waals surface area contributed by atoms with E-state index < -0.39 is 0 Å². The molecule has 0 bridgehead atoms. The van der Waals surface area contributed by atoms with Crippen LogP contribution in [0.5, 0.6) is 0 Å². The first-order valence-electron chi connectivity index (χ1n) is 10.8. The molecule has 2 aliphatic rings. The monoisotopic (exact) mass is 385 g/mol. The maximum absolute atomic E-state index is 6.50. The number of morpholine rings is 1. The summed E-state index contributed by atoms with van der Waals surface area (Å²) < 4.78 is 18.6. The third kappa shape index (κ3) is 4.70. The first kappa shape index (κ1) is 21.6. The first-order valence-corrected chi connectivity index (χ1v) is 10.8. The highest BCUT2D eigenvalue weighted by molar-refractivity contribution is 6.55. The zero-order valence-corrected chi connectivity index (χ0v) is 18.2. The molecule has 1 unspecified atom stereocenters. The van der Waals surface area contributed by atoms with Crippen molar-refractivity contribution in [3.05, 3.63) is 47.4 Å². The fourth-order valence-corrected chi connectivity index (χ4v) is 3.87. The van der Waals surface area contributed by atoms with Gasteiger partial charge in [0.1, 0.15) is 0 Å². The Kier molecular flexibility index (Phi) is 7.03. The number of rotatable bonds is 7. The van der Waals surface area contributed by atoms with E-state index in [2.05, 4.69) is 75.9 Å². The van der Waals surface area contributed by atoms with Gasteiger partial charge in [-0.15, -0.1) is 0 Å². The van der Waals surface area contributed by atoms with Crippen LogP contribution in [0.2, 0.25) is 0 Å². The highest BCUT2D eigenvalue weighted by atomic mass is 16.7. The molecular weight excluding hydrogens is 349 g/mol. The van der Waals surface area contributed by atoms with Gasteiger partial charge in [-0.1, -0.05) is 56.2 Å². The molecule has 2 saturated heterocycles. The molecule has 3 rings (SSSR count). The van der Waals surface area contributed by atoms with Gasteiger partial charge >= 0.3 is 7.12 Å². The maximum atomic E-state index is 6.50. The Bertz CT molecular complexity index is 637. The maximum Gasteiger partial charge on any atom is 0.492 e. The van der Waals surface area contributed by atoms with Gasteiger partial charge in [-0.2, -0.15) is 0 Å². The van der Waals surface area contributed by atoms with Crippen molar-refractivity contribution < 1.29 is 14.0 Å². The molecule has 0 saturated carbocycles. The van der Waals surface area contributed by atoms with Crippen LogP contribution in [-0.2, 0) is 14.0 Å². The molecule has 5 heteroatoms. The summed E-state index contributed by atoms with van der Waals surface area (Å²) in [4.78, 5) is 2.52. The van der Waals surface area contributed by atoms with Gasteiger partial charge in [0.15, 0.2) is 0 Å². The number of allylic oxidation sites excluding steroid dienone is 1. The second-order valence-corrected chi connectivity index (χ2v) is 8.90. The molecule has 2 aliphatic heterocycles. The van der Waals surface area contributed by atoms with E-state index in [9.17, 15) is 0 Å². The number of ether oxygens (including phenoxy) is 1. The van der Waals surface area contributed by atoms with Crippen LogP contribution in [0.4, 0.5) is 0 Å². The van der Waals surface area contributed by atoms with Crippen molar-refractivity contribution in [3.63, 3.8) is 0 Å². The molecule has 0 spiro atoms. The van der Waals surface area contributed by atoms with Crippen molar-refractivity contribution in [1.29, 1.82) is 0 Å². The highest BCUT2D eigenvalue weighted by Crippen LogP contribution is 2.42. The fraction of sp³-hybridized carbons (Fsp3) is 0.652. The van der Waals surface area contributed by atoms with Crippen LogP contribution in [0.3, 0.4) is 0 Å². The van der Waals surface area contributed by atoms with E-state index in [1.54, 1.807) is 0 Å². The van der Waals surface area contributed by atoms with E-state index >= 15 is 0 Å². The summed E-state index contributed by atoms with van der Waals surface area (Å²) in [5, 5.41) is 0. The summed E-state index contributed by atoms with van der Waals surface area (Å²) >= 11 is 0. The molecule has 2 fully saturated rings. The summed E-state index contributed by atoms with van der Waals surface area (Å²) in [5.41, 5.74) is 1.85. The molecule has 0 N–H and O–H groups in total. The van der Waals surface area contributed by atoms with E-state index in [-0.39, 0.29) is 24.4 Å². The Hall–Kier alpha value is -1.14. The van der Waals surface area contributed by atoms with Crippen molar-refractivity contribution in [2.24, 2.45) is 0 Å². The van der Waals surface area contributed by atoms with Gasteiger partial charge in [0.05, 0.1) is 30.5 Å². The Morgan fingerprint density at radius 2 is 1.68 bits per heavy atom. The average Bonchev–Trinajstić information content (AvgIpc) is 2.90. The zero-order chi connectivity index (χ0) is 20.2. The van der Waals surface area contributed by atoms with Crippen molar-refractivity contribution in [2.75, 3.05) is 26.3 Å². The van der Waals surface area contributed by atoms with Gasteiger partial charge < -0.3 is 14.0 Å². The van der Waals surface area contributed by atoms with Crippen molar-refractivity contribution in [1.82, 2.24) is 4.90 Å². The van der Waals surface area contributed by atoms with E-state index in [0.717, 1.165) is 32.7 Å². The number of nitrogens with zero attached hydrogens (tertiary/aromatic N) is 1. The minimum Gasteiger partial charge on any atom is -0.400 e. The molecule has 0 aliphatic carbocycles. The predicted molar refractivity (Wildman–Crippen MR) is 115 cm³/mol. The molecule has 0 radical (unpaired) electrons. The Balaban J connectivity index is 1.98. The highest BCUT2D eigenvalue weighted by Gasteiger charge is 2.53. The van der Waals surface area contributed by atoms with Crippen molar-refractivity contribution in [2.45, 2.75) is 71.1 Å². The quantitative estimate of drug-likeness (QED) is 0.498. The van der Waals surface area contributed by atoms with Gasteiger partial charge in [0.25, 0.3) is 0 Å². The standard InChI is InChI=1S/C23H36BNO3/c1-6-7-9-14-20(24-27-22(2,3)23(4,5)28-24)21(19-12-10-8-11-13-19)25-15-17-26-18-16-25/h8,10-14,21H,6-7,9,15-18H2,1-5H3/b20-14-. The van der Waals surface area contributed by atoms with Gasteiger partial charge in [0.2, 0.25) is 0 Å². The van der Waals surface area contributed by atoms with Crippen LogP contribution >= 0.6 is 0 Å². The molecule has 1 atom stereocenters. The van der Waals surface area contributed by atoms with Gasteiger partial charge in [-0.3, -0.25) is 4.90 Å². The summed E-state index contributed by atoms with van der Waals surface area (Å²) in [6, 6.07) is 10.9. The molecule has 2 heterocycles. The molecule has 1 aromatic carbocycles. The number of hydrogen-bond acceptors (Lipinski definition) is 4. The third-order valence-electron chi connectivity index (χ3n) is 6.31. The Labute approximate surface area is 171 Å². The van der Waals surface area contributed by atoms with Crippen LogP contribution in [0.25, 0.3) is 0 Å². The van der Waals surface area contributed by atoms with Crippen LogP contribution < -0.4 is 0 Å². The number of hydrogen-bond donors (Lipinski definition) is 0. The second-order valence-electron chi connectivity index (χ2n) is 8.90. The SMILES string of the molecule is CCCC/C=C(\B1OC(C)(C)C(C)(C)O1)C(c1ccccc1)N1CCOCC1. The molecule has 4 nitrogen and oxygen atoms in total. The summed E-state index contributed by atoms with van der Waals surface area (Å²) in [7, 11) is -0.324.